The molecule has 2 saturated heterocycles. The monoisotopic (exact) mass is 367 g/mol. The molecular formula is C20H25N5O2. The van der Waals surface area contributed by atoms with Crippen molar-refractivity contribution in [3.05, 3.63) is 48.3 Å². The number of carbonyl (C=O) groups excluding carboxylic acids is 1. The fourth-order valence-corrected chi connectivity index (χ4v) is 3.74. The Morgan fingerprint density at radius 2 is 1.81 bits per heavy atom. The predicted octanol–water partition coefficient (Wildman–Crippen LogP) is 1.71. The van der Waals surface area contributed by atoms with Crippen molar-refractivity contribution in [2.45, 2.75) is 18.9 Å². The molecule has 0 aliphatic carbocycles. The summed E-state index contributed by atoms with van der Waals surface area (Å²) in [4.78, 5) is 26.0. The average Bonchev–Trinajstić information content (AvgIpc) is 2.75. The summed E-state index contributed by atoms with van der Waals surface area (Å²) in [5, 5.41) is 3.22. The van der Waals surface area contributed by atoms with Crippen LogP contribution < -0.4 is 15.1 Å². The van der Waals surface area contributed by atoms with E-state index in [0.717, 1.165) is 56.2 Å². The molecule has 2 fully saturated rings. The first kappa shape index (κ1) is 17.7. The number of para-hydroxylation sites is 1. The van der Waals surface area contributed by atoms with Crippen LogP contribution in [0.1, 0.15) is 23.2 Å². The Balaban J connectivity index is 1.44. The molecule has 1 N–H and O–H groups in total. The Kier molecular flexibility index (Phi) is 5.48. The molecule has 2 aliphatic rings. The van der Waals surface area contributed by atoms with Gasteiger partial charge in [-0.05, 0) is 31.0 Å². The minimum atomic E-state index is -0.0158. The van der Waals surface area contributed by atoms with Crippen molar-refractivity contribution in [3.8, 4) is 0 Å². The lowest BCUT2D eigenvalue weighted by Gasteiger charge is -2.34. The van der Waals surface area contributed by atoms with Crippen LogP contribution in [0.4, 0.5) is 11.6 Å². The number of nitrogens with zero attached hydrogens (tertiary/aromatic N) is 4. The van der Waals surface area contributed by atoms with Gasteiger partial charge in [-0.25, -0.2) is 9.97 Å². The number of hydrogen-bond acceptors (Lipinski definition) is 6. The SMILES string of the molecule is O=C(NC1CCCN(c2ncccn2)C1)c1ccccc1N1CCOCC1. The van der Waals surface area contributed by atoms with Gasteiger partial charge in [0.15, 0.2) is 0 Å². The first-order valence-corrected chi connectivity index (χ1v) is 9.56. The quantitative estimate of drug-likeness (QED) is 0.887. The van der Waals surface area contributed by atoms with Crippen molar-refractivity contribution in [2.24, 2.45) is 0 Å². The molecule has 142 valence electrons. The van der Waals surface area contributed by atoms with E-state index in [9.17, 15) is 4.79 Å². The molecule has 0 radical (unpaired) electrons. The van der Waals surface area contributed by atoms with E-state index in [2.05, 4.69) is 25.1 Å². The van der Waals surface area contributed by atoms with Gasteiger partial charge in [0.1, 0.15) is 0 Å². The van der Waals surface area contributed by atoms with Crippen molar-refractivity contribution in [1.29, 1.82) is 0 Å². The second kappa shape index (κ2) is 8.35. The predicted molar refractivity (Wildman–Crippen MR) is 104 cm³/mol. The Labute approximate surface area is 159 Å². The second-order valence-corrected chi connectivity index (χ2v) is 6.92. The fraction of sp³-hybridized carbons (Fsp3) is 0.450. The first-order chi connectivity index (χ1) is 13.3. The highest BCUT2D eigenvalue weighted by Gasteiger charge is 2.25. The van der Waals surface area contributed by atoms with Crippen LogP contribution in [0.5, 0.6) is 0 Å². The molecule has 27 heavy (non-hydrogen) atoms. The zero-order valence-electron chi connectivity index (χ0n) is 15.4. The van der Waals surface area contributed by atoms with Gasteiger partial charge in [0.25, 0.3) is 5.91 Å². The van der Waals surface area contributed by atoms with Crippen LogP contribution in [0, 0.1) is 0 Å². The molecule has 0 spiro atoms. The highest BCUT2D eigenvalue weighted by molar-refractivity contribution is 6.00. The lowest BCUT2D eigenvalue weighted by Crippen LogP contribution is -2.48. The summed E-state index contributed by atoms with van der Waals surface area (Å²) in [7, 11) is 0. The molecule has 1 aromatic carbocycles. The van der Waals surface area contributed by atoms with Crippen molar-refractivity contribution in [1.82, 2.24) is 15.3 Å². The van der Waals surface area contributed by atoms with Crippen LogP contribution in [0.25, 0.3) is 0 Å². The number of anilines is 2. The number of morpholine rings is 1. The van der Waals surface area contributed by atoms with E-state index >= 15 is 0 Å². The molecule has 4 rings (SSSR count). The third-order valence-corrected chi connectivity index (χ3v) is 5.09. The Bertz CT molecular complexity index is 764. The average molecular weight is 367 g/mol. The minimum absolute atomic E-state index is 0.0158. The molecule has 1 atom stereocenters. The number of amides is 1. The van der Waals surface area contributed by atoms with Gasteiger partial charge in [-0.15, -0.1) is 0 Å². The van der Waals surface area contributed by atoms with Crippen LogP contribution in [-0.2, 0) is 4.74 Å². The summed E-state index contributed by atoms with van der Waals surface area (Å²) in [6, 6.07) is 9.73. The van der Waals surface area contributed by atoms with E-state index in [1.165, 1.54) is 0 Å². The van der Waals surface area contributed by atoms with Crippen LogP contribution >= 0.6 is 0 Å². The highest BCUT2D eigenvalue weighted by atomic mass is 16.5. The maximum atomic E-state index is 13.0. The molecule has 1 amide bonds. The molecule has 0 saturated carbocycles. The van der Waals surface area contributed by atoms with E-state index in [1.807, 2.05) is 30.3 Å². The minimum Gasteiger partial charge on any atom is -0.378 e. The van der Waals surface area contributed by atoms with E-state index in [-0.39, 0.29) is 11.9 Å². The largest absolute Gasteiger partial charge is 0.378 e. The summed E-state index contributed by atoms with van der Waals surface area (Å²) < 4.78 is 5.44. The normalized spacial score (nSPS) is 20.4. The first-order valence-electron chi connectivity index (χ1n) is 9.56. The van der Waals surface area contributed by atoms with Gasteiger partial charge in [0.2, 0.25) is 5.95 Å². The van der Waals surface area contributed by atoms with Gasteiger partial charge < -0.3 is 19.9 Å². The van der Waals surface area contributed by atoms with Gasteiger partial charge in [-0.3, -0.25) is 4.79 Å². The van der Waals surface area contributed by atoms with Crippen LogP contribution in [0.3, 0.4) is 0 Å². The third kappa shape index (κ3) is 4.19. The van der Waals surface area contributed by atoms with Crippen molar-refractivity contribution < 1.29 is 9.53 Å². The van der Waals surface area contributed by atoms with E-state index in [1.54, 1.807) is 12.4 Å². The van der Waals surface area contributed by atoms with Gasteiger partial charge in [-0.2, -0.15) is 0 Å². The van der Waals surface area contributed by atoms with Gasteiger partial charge in [-0.1, -0.05) is 12.1 Å². The van der Waals surface area contributed by atoms with Gasteiger partial charge in [0.05, 0.1) is 18.8 Å². The second-order valence-electron chi connectivity index (χ2n) is 6.92. The molecule has 3 heterocycles. The summed E-state index contributed by atoms with van der Waals surface area (Å²) in [5.74, 6) is 0.711. The number of hydrogen-bond donors (Lipinski definition) is 1. The highest BCUT2D eigenvalue weighted by Crippen LogP contribution is 2.22. The maximum Gasteiger partial charge on any atom is 0.253 e. The molecule has 2 aliphatic heterocycles. The van der Waals surface area contributed by atoms with Crippen molar-refractivity contribution in [3.63, 3.8) is 0 Å². The molecule has 7 nitrogen and oxygen atoms in total. The lowest BCUT2D eigenvalue weighted by atomic mass is 10.0. The number of carbonyl (C=O) groups is 1. The number of aromatic nitrogens is 2. The number of benzene rings is 1. The molecule has 0 bridgehead atoms. The summed E-state index contributed by atoms with van der Waals surface area (Å²) in [5.41, 5.74) is 1.71. The number of piperidine rings is 1. The Hall–Kier alpha value is -2.67. The molecule has 7 heteroatoms. The van der Waals surface area contributed by atoms with E-state index < -0.39 is 0 Å². The van der Waals surface area contributed by atoms with Crippen LogP contribution in [-0.4, -0.2) is 61.3 Å². The molecule has 2 aromatic rings. The standard InChI is InChI=1S/C20H25N5O2/c26-19(17-6-1-2-7-18(17)24-11-13-27-14-12-24)23-16-5-3-10-25(15-16)20-21-8-4-9-22-20/h1-2,4,6-9,16H,3,5,10-15H2,(H,23,26). The van der Waals surface area contributed by atoms with Crippen LogP contribution in [0.15, 0.2) is 42.7 Å². The summed E-state index contributed by atoms with van der Waals surface area (Å²) in [6.45, 7) is 4.67. The Morgan fingerprint density at radius 3 is 2.63 bits per heavy atom. The topological polar surface area (TPSA) is 70.6 Å². The number of rotatable bonds is 4. The van der Waals surface area contributed by atoms with Gasteiger partial charge in [0, 0.05) is 50.3 Å². The molecular weight excluding hydrogens is 342 g/mol. The Morgan fingerprint density at radius 1 is 1.04 bits per heavy atom. The fourth-order valence-electron chi connectivity index (χ4n) is 3.74. The zero-order valence-corrected chi connectivity index (χ0v) is 15.4. The number of ether oxygens (including phenoxy) is 1. The third-order valence-electron chi connectivity index (χ3n) is 5.09. The van der Waals surface area contributed by atoms with E-state index in [0.29, 0.717) is 13.2 Å². The number of nitrogens with one attached hydrogen (secondary N) is 1. The lowest BCUT2D eigenvalue weighted by molar-refractivity contribution is 0.0931. The zero-order chi connectivity index (χ0) is 18.5. The molecule has 1 unspecified atom stereocenters. The maximum absolute atomic E-state index is 13.0. The van der Waals surface area contributed by atoms with Crippen LogP contribution in [0.2, 0.25) is 0 Å². The van der Waals surface area contributed by atoms with Crippen molar-refractivity contribution >= 4 is 17.5 Å². The van der Waals surface area contributed by atoms with E-state index in [4.69, 9.17) is 4.74 Å². The van der Waals surface area contributed by atoms with Crippen molar-refractivity contribution in [2.75, 3.05) is 49.2 Å². The smallest absolute Gasteiger partial charge is 0.253 e. The molecule has 1 aromatic heterocycles. The van der Waals surface area contributed by atoms with Gasteiger partial charge >= 0.3 is 0 Å². The summed E-state index contributed by atoms with van der Waals surface area (Å²) >= 11 is 0. The summed E-state index contributed by atoms with van der Waals surface area (Å²) in [6.07, 6.45) is 5.48.